The molecule has 20 heavy (non-hydrogen) atoms. The third-order valence-corrected chi connectivity index (χ3v) is 4.27. The first-order chi connectivity index (χ1) is 9.69. The minimum absolute atomic E-state index is 0.445. The molecule has 0 radical (unpaired) electrons. The molecule has 1 heterocycles. The van der Waals surface area contributed by atoms with Crippen molar-refractivity contribution >= 4 is 0 Å². The molecule has 1 aliphatic rings. The second-order valence-corrected chi connectivity index (χ2v) is 5.78. The van der Waals surface area contributed by atoms with Gasteiger partial charge in [-0.25, -0.2) is 0 Å². The first-order valence-corrected chi connectivity index (χ1v) is 7.48. The number of ether oxygens (including phenoxy) is 1. The van der Waals surface area contributed by atoms with Crippen LogP contribution in [0.3, 0.4) is 0 Å². The van der Waals surface area contributed by atoms with E-state index in [4.69, 9.17) is 4.74 Å². The van der Waals surface area contributed by atoms with E-state index >= 15 is 0 Å². The number of hydrogen-bond donors (Lipinski definition) is 0. The minimum atomic E-state index is -0.445. The Balaban J connectivity index is 2.20. The Morgan fingerprint density at radius 1 is 1.20 bits per heavy atom. The van der Waals surface area contributed by atoms with Gasteiger partial charge >= 0.3 is 0 Å². The Bertz CT molecular complexity index is 472. The Labute approximate surface area is 122 Å². The summed E-state index contributed by atoms with van der Waals surface area (Å²) in [5.74, 6) is 0.879. The van der Waals surface area contributed by atoms with E-state index in [9.17, 15) is 5.26 Å². The van der Waals surface area contributed by atoms with E-state index in [-0.39, 0.29) is 0 Å². The molecule has 0 saturated carbocycles. The number of benzene rings is 1. The van der Waals surface area contributed by atoms with Crippen molar-refractivity contribution in [1.82, 2.24) is 4.90 Å². The van der Waals surface area contributed by atoms with Crippen LogP contribution in [0.1, 0.15) is 38.2 Å². The molecule has 3 nitrogen and oxygen atoms in total. The molecule has 0 N–H and O–H groups in total. The molecule has 1 fully saturated rings. The van der Waals surface area contributed by atoms with E-state index in [1.807, 2.05) is 18.2 Å². The van der Waals surface area contributed by atoms with Crippen molar-refractivity contribution in [2.24, 2.45) is 0 Å². The van der Waals surface area contributed by atoms with Crippen LogP contribution < -0.4 is 4.74 Å². The summed E-state index contributed by atoms with van der Waals surface area (Å²) in [4.78, 5) is 2.35. The van der Waals surface area contributed by atoms with Crippen LogP contribution in [0.2, 0.25) is 0 Å². The summed E-state index contributed by atoms with van der Waals surface area (Å²) in [7, 11) is 1.69. The van der Waals surface area contributed by atoms with Gasteiger partial charge in [0.1, 0.15) is 11.3 Å². The molecule has 3 heteroatoms. The van der Waals surface area contributed by atoms with Gasteiger partial charge in [-0.1, -0.05) is 31.0 Å². The number of likely N-dealkylation sites (tertiary alicyclic amines) is 1. The van der Waals surface area contributed by atoms with Gasteiger partial charge in [-0.15, -0.1) is 0 Å². The molecule has 2 rings (SSSR count). The van der Waals surface area contributed by atoms with Gasteiger partial charge < -0.3 is 4.74 Å². The first kappa shape index (κ1) is 14.9. The summed E-state index contributed by atoms with van der Waals surface area (Å²) in [6.45, 7) is 4.11. The summed E-state index contributed by atoms with van der Waals surface area (Å²) >= 11 is 0. The van der Waals surface area contributed by atoms with Gasteiger partial charge in [0.05, 0.1) is 13.2 Å². The first-order valence-electron chi connectivity index (χ1n) is 7.48. The lowest BCUT2D eigenvalue weighted by Crippen LogP contribution is -2.47. The largest absolute Gasteiger partial charge is 0.496 e. The normalized spacial score (nSPS) is 19.6. The Morgan fingerprint density at radius 3 is 2.45 bits per heavy atom. The van der Waals surface area contributed by atoms with Gasteiger partial charge in [0, 0.05) is 6.42 Å². The second kappa shape index (κ2) is 6.76. The molecule has 108 valence electrons. The average molecular weight is 272 g/mol. The van der Waals surface area contributed by atoms with Crippen molar-refractivity contribution in [2.75, 3.05) is 20.2 Å². The maximum Gasteiger partial charge on any atom is 0.122 e. The maximum atomic E-state index is 9.72. The molecule has 0 aromatic heterocycles. The SMILES string of the molecule is COc1ccccc1CC(C)(C#N)N1CCCCCC1. The zero-order valence-electron chi connectivity index (χ0n) is 12.6. The molecule has 0 amide bonds. The van der Waals surface area contributed by atoms with Crippen molar-refractivity contribution < 1.29 is 4.74 Å². The molecule has 1 aliphatic heterocycles. The van der Waals surface area contributed by atoms with Crippen LogP contribution in [0, 0.1) is 11.3 Å². The average Bonchev–Trinajstić information content (AvgIpc) is 2.77. The molecule has 1 unspecified atom stereocenters. The highest BCUT2D eigenvalue weighted by Crippen LogP contribution is 2.28. The van der Waals surface area contributed by atoms with E-state index in [2.05, 4.69) is 24.0 Å². The van der Waals surface area contributed by atoms with Crippen LogP contribution >= 0.6 is 0 Å². The predicted molar refractivity (Wildman–Crippen MR) is 80.8 cm³/mol. The van der Waals surface area contributed by atoms with E-state index < -0.39 is 5.54 Å². The molecule has 0 bridgehead atoms. The van der Waals surface area contributed by atoms with Gasteiger partial charge in [0.2, 0.25) is 0 Å². The van der Waals surface area contributed by atoms with Crippen molar-refractivity contribution in [1.29, 1.82) is 5.26 Å². The van der Waals surface area contributed by atoms with Gasteiger partial charge in [-0.05, 0) is 44.5 Å². The zero-order chi connectivity index (χ0) is 14.4. The molecular weight excluding hydrogens is 248 g/mol. The number of methoxy groups -OCH3 is 1. The highest BCUT2D eigenvalue weighted by Gasteiger charge is 2.33. The van der Waals surface area contributed by atoms with Gasteiger partial charge in [0.25, 0.3) is 0 Å². The van der Waals surface area contributed by atoms with Crippen molar-refractivity contribution in [3.8, 4) is 11.8 Å². The monoisotopic (exact) mass is 272 g/mol. The topological polar surface area (TPSA) is 36.3 Å². The number of nitriles is 1. The van der Waals surface area contributed by atoms with Crippen LogP contribution in [0.5, 0.6) is 5.75 Å². The molecular formula is C17H24N2O. The highest BCUT2D eigenvalue weighted by molar-refractivity contribution is 5.36. The summed E-state index contributed by atoms with van der Waals surface area (Å²) < 4.78 is 5.42. The number of nitrogens with zero attached hydrogens (tertiary/aromatic N) is 2. The summed E-state index contributed by atoms with van der Waals surface area (Å²) in [6.07, 6.45) is 5.68. The summed E-state index contributed by atoms with van der Waals surface area (Å²) in [5, 5.41) is 9.72. The minimum Gasteiger partial charge on any atom is -0.496 e. The number of hydrogen-bond acceptors (Lipinski definition) is 3. The van der Waals surface area contributed by atoms with Crippen LogP contribution in [-0.2, 0) is 6.42 Å². The Morgan fingerprint density at radius 2 is 1.85 bits per heavy atom. The zero-order valence-corrected chi connectivity index (χ0v) is 12.6. The van der Waals surface area contributed by atoms with Gasteiger partial charge in [-0.3, -0.25) is 4.90 Å². The summed E-state index contributed by atoms with van der Waals surface area (Å²) in [5.41, 5.74) is 0.669. The smallest absolute Gasteiger partial charge is 0.122 e. The van der Waals surface area contributed by atoms with E-state index in [1.165, 1.54) is 25.7 Å². The van der Waals surface area contributed by atoms with Gasteiger partial charge in [0.15, 0.2) is 0 Å². The maximum absolute atomic E-state index is 9.72. The lowest BCUT2D eigenvalue weighted by molar-refractivity contribution is 0.156. The third kappa shape index (κ3) is 3.32. The lowest BCUT2D eigenvalue weighted by Gasteiger charge is -2.35. The number of para-hydroxylation sites is 1. The predicted octanol–water partition coefficient (Wildman–Crippen LogP) is 3.40. The highest BCUT2D eigenvalue weighted by atomic mass is 16.5. The fourth-order valence-electron chi connectivity index (χ4n) is 3.01. The number of rotatable bonds is 4. The fraction of sp³-hybridized carbons (Fsp3) is 0.588. The van der Waals surface area contributed by atoms with Crippen molar-refractivity contribution in [3.05, 3.63) is 29.8 Å². The quantitative estimate of drug-likeness (QED) is 0.843. The van der Waals surface area contributed by atoms with Crippen LogP contribution in [0.4, 0.5) is 0 Å². The van der Waals surface area contributed by atoms with Crippen molar-refractivity contribution in [3.63, 3.8) is 0 Å². The van der Waals surface area contributed by atoms with Crippen LogP contribution in [-0.4, -0.2) is 30.6 Å². The fourth-order valence-corrected chi connectivity index (χ4v) is 3.01. The molecule has 0 spiro atoms. The van der Waals surface area contributed by atoms with Crippen molar-refractivity contribution in [2.45, 2.75) is 44.6 Å². The standard InChI is InChI=1S/C17H24N2O/c1-17(14-18,19-11-7-3-4-8-12-19)13-15-9-5-6-10-16(15)20-2/h5-6,9-10H,3-4,7-8,11-13H2,1-2H3. The van der Waals surface area contributed by atoms with Gasteiger partial charge in [-0.2, -0.15) is 5.26 Å². The Hall–Kier alpha value is -1.53. The Kier molecular flexibility index (Phi) is 5.03. The van der Waals surface area contributed by atoms with Crippen LogP contribution in [0.25, 0.3) is 0 Å². The molecule has 0 aliphatic carbocycles. The van der Waals surface area contributed by atoms with E-state index in [0.717, 1.165) is 24.4 Å². The van der Waals surface area contributed by atoms with E-state index in [0.29, 0.717) is 6.42 Å². The molecule has 1 saturated heterocycles. The van der Waals surface area contributed by atoms with Crippen LogP contribution in [0.15, 0.2) is 24.3 Å². The second-order valence-electron chi connectivity index (χ2n) is 5.78. The molecule has 1 aromatic rings. The van der Waals surface area contributed by atoms with E-state index in [1.54, 1.807) is 7.11 Å². The molecule has 1 aromatic carbocycles. The third-order valence-electron chi connectivity index (χ3n) is 4.27. The molecule has 1 atom stereocenters. The summed E-state index contributed by atoms with van der Waals surface area (Å²) in [6, 6.07) is 10.6. The lowest BCUT2D eigenvalue weighted by atomic mass is 9.91.